The van der Waals surface area contributed by atoms with Gasteiger partial charge in [-0.2, -0.15) is 0 Å². The zero-order valence-corrected chi connectivity index (χ0v) is 11.8. The Morgan fingerprint density at radius 2 is 1.80 bits per heavy atom. The van der Waals surface area contributed by atoms with Gasteiger partial charge in [-0.1, -0.05) is 41.9 Å². The predicted molar refractivity (Wildman–Crippen MR) is 79.9 cm³/mol. The summed E-state index contributed by atoms with van der Waals surface area (Å²) in [5.74, 6) is 0.239. The number of anilines is 1. The van der Waals surface area contributed by atoms with Crippen LogP contribution in [0, 0.1) is 0 Å². The molecule has 0 fully saturated rings. The molecule has 4 nitrogen and oxygen atoms in total. The van der Waals surface area contributed by atoms with Crippen LogP contribution in [0.1, 0.15) is 0 Å². The number of hydrazine groups is 1. The van der Waals surface area contributed by atoms with Gasteiger partial charge in [0.1, 0.15) is 5.75 Å². The molecule has 0 bridgehead atoms. The van der Waals surface area contributed by atoms with E-state index in [1.807, 2.05) is 30.3 Å². The van der Waals surface area contributed by atoms with E-state index in [0.717, 1.165) is 5.69 Å². The molecule has 0 aliphatic rings. The third kappa shape index (κ3) is 3.90. The van der Waals surface area contributed by atoms with E-state index < -0.39 is 0 Å². The van der Waals surface area contributed by atoms with Crippen LogP contribution in [0.5, 0.6) is 5.75 Å². The van der Waals surface area contributed by atoms with Gasteiger partial charge in [-0.15, -0.1) is 0 Å². The first-order chi connectivity index (χ1) is 9.66. The summed E-state index contributed by atoms with van der Waals surface area (Å²) in [7, 11) is 1.77. The molecule has 0 aliphatic carbocycles. The summed E-state index contributed by atoms with van der Waals surface area (Å²) < 4.78 is 5.36. The smallest absolute Gasteiger partial charge is 0.276 e. The molecule has 0 aromatic heterocycles. The van der Waals surface area contributed by atoms with Gasteiger partial charge in [0.25, 0.3) is 5.91 Å². The highest BCUT2D eigenvalue weighted by Gasteiger charge is 2.08. The summed E-state index contributed by atoms with van der Waals surface area (Å²) in [5, 5.41) is 2.12. The Morgan fingerprint density at radius 3 is 2.50 bits per heavy atom. The normalized spacial score (nSPS) is 9.90. The van der Waals surface area contributed by atoms with Crippen LogP contribution in [0.2, 0.25) is 5.02 Å². The van der Waals surface area contributed by atoms with Gasteiger partial charge in [-0.3, -0.25) is 15.2 Å². The molecule has 2 aromatic rings. The molecular formula is C15H15ClN2O2. The lowest BCUT2D eigenvalue weighted by atomic mass is 10.3. The van der Waals surface area contributed by atoms with Gasteiger partial charge in [0.05, 0.1) is 10.7 Å². The van der Waals surface area contributed by atoms with Gasteiger partial charge in [0.15, 0.2) is 6.61 Å². The van der Waals surface area contributed by atoms with Crippen LogP contribution in [-0.4, -0.2) is 19.6 Å². The highest BCUT2D eigenvalue weighted by atomic mass is 35.5. The number of nitrogens with zero attached hydrogens (tertiary/aromatic N) is 1. The fourth-order valence-electron chi connectivity index (χ4n) is 1.64. The number of halogens is 1. The molecule has 2 rings (SSSR count). The van der Waals surface area contributed by atoms with E-state index in [-0.39, 0.29) is 12.5 Å². The number of ether oxygens (including phenoxy) is 1. The number of carbonyl (C=O) groups excluding carboxylic acids is 1. The highest BCUT2D eigenvalue weighted by molar-refractivity contribution is 6.32. The van der Waals surface area contributed by atoms with E-state index >= 15 is 0 Å². The molecule has 0 aliphatic heterocycles. The Bertz CT molecular complexity index is 575. The van der Waals surface area contributed by atoms with Gasteiger partial charge in [0.2, 0.25) is 0 Å². The lowest BCUT2D eigenvalue weighted by molar-refractivity contribution is -0.123. The molecule has 0 atom stereocenters. The van der Waals surface area contributed by atoms with Crippen LogP contribution in [0.15, 0.2) is 54.6 Å². The van der Waals surface area contributed by atoms with Crippen LogP contribution < -0.4 is 15.2 Å². The first-order valence-electron chi connectivity index (χ1n) is 6.12. The Kier molecular flexibility index (Phi) is 4.85. The van der Waals surface area contributed by atoms with Crippen LogP contribution in [0.4, 0.5) is 5.69 Å². The molecule has 0 radical (unpaired) electrons. The van der Waals surface area contributed by atoms with E-state index in [4.69, 9.17) is 16.3 Å². The average Bonchev–Trinajstić information content (AvgIpc) is 2.47. The average molecular weight is 291 g/mol. The Morgan fingerprint density at radius 1 is 1.15 bits per heavy atom. The molecule has 0 unspecified atom stereocenters. The zero-order valence-electron chi connectivity index (χ0n) is 11.0. The third-order valence-electron chi connectivity index (χ3n) is 2.63. The van der Waals surface area contributed by atoms with E-state index in [2.05, 4.69) is 5.43 Å². The molecule has 0 saturated heterocycles. The lowest BCUT2D eigenvalue weighted by Gasteiger charge is -2.20. The Balaban J connectivity index is 1.86. The number of carbonyl (C=O) groups is 1. The van der Waals surface area contributed by atoms with Crippen molar-refractivity contribution in [3.8, 4) is 5.75 Å². The number of amides is 1. The van der Waals surface area contributed by atoms with Crippen molar-refractivity contribution in [1.82, 2.24) is 5.43 Å². The summed E-state index contributed by atoms with van der Waals surface area (Å²) >= 11 is 5.94. The number of rotatable bonds is 5. The van der Waals surface area contributed by atoms with E-state index in [9.17, 15) is 4.79 Å². The molecule has 5 heteroatoms. The van der Waals surface area contributed by atoms with Crippen molar-refractivity contribution in [3.63, 3.8) is 0 Å². The van der Waals surface area contributed by atoms with Crippen molar-refractivity contribution in [2.24, 2.45) is 0 Å². The number of nitrogens with one attached hydrogen (secondary N) is 1. The maximum absolute atomic E-state index is 11.8. The van der Waals surface area contributed by atoms with Crippen molar-refractivity contribution in [1.29, 1.82) is 0 Å². The quantitative estimate of drug-likeness (QED) is 0.861. The fourth-order valence-corrected chi connectivity index (χ4v) is 1.83. The second kappa shape index (κ2) is 6.82. The fraction of sp³-hybridized carbons (Fsp3) is 0.133. The van der Waals surface area contributed by atoms with E-state index in [1.54, 1.807) is 36.3 Å². The first kappa shape index (κ1) is 14.2. The van der Waals surface area contributed by atoms with Crippen molar-refractivity contribution in [2.45, 2.75) is 0 Å². The van der Waals surface area contributed by atoms with Crippen molar-refractivity contribution in [2.75, 3.05) is 18.7 Å². The number of hydrogen-bond acceptors (Lipinski definition) is 3. The van der Waals surface area contributed by atoms with Crippen molar-refractivity contribution in [3.05, 3.63) is 59.6 Å². The molecule has 20 heavy (non-hydrogen) atoms. The summed E-state index contributed by atoms with van der Waals surface area (Å²) in [6.45, 7) is -0.0963. The largest absolute Gasteiger partial charge is 0.482 e. The molecule has 0 heterocycles. The SMILES string of the molecule is CN(NC(=O)COc1ccccc1Cl)c1ccccc1. The minimum Gasteiger partial charge on any atom is -0.482 e. The van der Waals surface area contributed by atoms with Crippen LogP contribution in [0.25, 0.3) is 0 Å². The van der Waals surface area contributed by atoms with E-state index in [1.165, 1.54) is 0 Å². The zero-order chi connectivity index (χ0) is 14.4. The minimum absolute atomic E-state index is 0.0963. The molecule has 0 saturated carbocycles. The molecule has 1 N–H and O–H groups in total. The molecule has 0 spiro atoms. The summed E-state index contributed by atoms with van der Waals surface area (Å²) in [5.41, 5.74) is 3.60. The number of para-hydroxylation sites is 2. The third-order valence-corrected chi connectivity index (χ3v) is 2.94. The topological polar surface area (TPSA) is 41.6 Å². The summed E-state index contributed by atoms with van der Waals surface area (Å²) in [6, 6.07) is 16.6. The second-order valence-electron chi connectivity index (χ2n) is 4.15. The second-order valence-corrected chi connectivity index (χ2v) is 4.56. The monoisotopic (exact) mass is 290 g/mol. The highest BCUT2D eigenvalue weighted by Crippen LogP contribution is 2.22. The van der Waals surface area contributed by atoms with Crippen LogP contribution >= 0.6 is 11.6 Å². The van der Waals surface area contributed by atoms with Crippen molar-refractivity contribution < 1.29 is 9.53 Å². The Hall–Kier alpha value is -2.20. The maximum Gasteiger partial charge on any atom is 0.276 e. The first-order valence-corrected chi connectivity index (χ1v) is 6.50. The number of benzene rings is 2. The van der Waals surface area contributed by atoms with Gasteiger partial charge < -0.3 is 4.74 Å². The van der Waals surface area contributed by atoms with Crippen LogP contribution in [0.3, 0.4) is 0 Å². The number of hydrogen-bond donors (Lipinski definition) is 1. The molecule has 1 amide bonds. The van der Waals surface area contributed by atoms with Gasteiger partial charge in [-0.05, 0) is 24.3 Å². The van der Waals surface area contributed by atoms with Gasteiger partial charge in [-0.25, -0.2) is 0 Å². The predicted octanol–water partition coefficient (Wildman–Crippen LogP) is 2.89. The standard InChI is InChI=1S/C15H15ClN2O2/c1-18(12-7-3-2-4-8-12)17-15(19)11-20-14-10-6-5-9-13(14)16/h2-10H,11H2,1H3,(H,17,19). The van der Waals surface area contributed by atoms with Crippen molar-refractivity contribution >= 4 is 23.2 Å². The summed E-state index contributed by atoms with van der Waals surface area (Å²) in [6.07, 6.45) is 0. The van der Waals surface area contributed by atoms with Gasteiger partial charge >= 0.3 is 0 Å². The van der Waals surface area contributed by atoms with E-state index in [0.29, 0.717) is 10.8 Å². The Labute approximate surface area is 122 Å². The van der Waals surface area contributed by atoms with Crippen LogP contribution in [-0.2, 0) is 4.79 Å². The summed E-state index contributed by atoms with van der Waals surface area (Å²) in [4.78, 5) is 11.8. The lowest BCUT2D eigenvalue weighted by Crippen LogP contribution is -2.41. The molecular weight excluding hydrogens is 276 g/mol. The molecule has 2 aromatic carbocycles. The van der Waals surface area contributed by atoms with Gasteiger partial charge in [0, 0.05) is 7.05 Å². The maximum atomic E-state index is 11.8. The molecule has 104 valence electrons. The minimum atomic E-state index is -0.253.